The monoisotopic (exact) mass is 391 g/mol. The maximum absolute atomic E-state index is 12.9. The van der Waals surface area contributed by atoms with E-state index in [1.54, 1.807) is 42.2 Å². The summed E-state index contributed by atoms with van der Waals surface area (Å²) in [4.78, 5) is 24.3. The van der Waals surface area contributed by atoms with E-state index in [1.807, 2.05) is 18.2 Å². The number of fused-ring (bicyclic) bond motifs is 1. The zero-order chi connectivity index (χ0) is 20.4. The molecule has 0 radical (unpaired) electrons. The van der Waals surface area contributed by atoms with Gasteiger partial charge in [0.25, 0.3) is 5.91 Å². The van der Waals surface area contributed by atoms with Crippen molar-refractivity contribution < 1.29 is 19.1 Å². The van der Waals surface area contributed by atoms with E-state index >= 15 is 0 Å². The Hall–Kier alpha value is -3.61. The van der Waals surface area contributed by atoms with Gasteiger partial charge in [-0.3, -0.25) is 14.3 Å². The zero-order valence-electron chi connectivity index (χ0n) is 16.3. The van der Waals surface area contributed by atoms with Gasteiger partial charge in [-0.05, 0) is 49.4 Å². The Balaban J connectivity index is 1.62. The summed E-state index contributed by atoms with van der Waals surface area (Å²) >= 11 is 0. The molecule has 29 heavy (non-hydrogen) atoms. The first kappa shape index (κ1) is 18.7. The summed E-state index contributed by atoms with van der Waals surface area (Å²) in [5.74, 6) is 1.04. The van der Waals surface area contributed by atoms with Gasteiger partial charge in [0, 0.05) is 36.5 Å². The fourth-order valence-corrected chi connectivity index (χ4v) is 3.17. The minimum Gasteiger partial charge on any atom is -0.490 e. The molecule has 148 valence electrons. The molecule has 0 bridgehead atoms. The highest BCUT2D eigenvalue weighted by Crippen LogP contribution is 2.35. The lowest BCUT2D eigenvalue weighted by molar-refractivity contribution is 0.101. The first-order chi connectivity index (χ1) is 14.0. The second-order valence-electron chi connectivity index (χ2n) is 6.86. The van der Waals surface area contributed by atoms with Crippen LogP contribution in [0.3, 0.4) is 0 Å². The van der Waals surface area contributed by atoms with Gasteiger partial charge in [-0.2, -0.15) is 5.10 Å². The molecule has 0 unspecified atom stereocenters. The molecule has 0 spiro atoms. The number of carbonyl (C=O) groups excluding carboxylic acids is 2. The van der Waals surface area contributed by atoms with Crippen LogP contribution in [0.5, 0.6) is 11.5 Å². The van der Waals surface area contributed by atoms with E-state index in [1.165, 1.54) is 6.92 Å². The molecular weight excluding hydrogens is 370 g/mol. The summed E-state index contributed by atoms with van der Waals surface area (Å²) in [7, 11) is 1.77. The second kappa shape index (κ2) is 7.79. The lowest BCUT2D eigenvalue weighted by Gasteiger charge is -2.10. The number of carbonyl (C=O) groups is 2. The van der Waals surface area contributed by atoms with E-state index in [2.05, 4.69) is 10.4 Å². The molecule has 1 amide bonds. The zero-order valence-corrected chi connectivity index (χ0v) is 16.3. The second-order valence-corrected chi connectivity index (χ2v) is 6.86. The van der Waals surface area contributed by atoms with Crippen LogP contribution in [0, 0.1) is 0 Å². The number of nitrogens with one attached hydrogen (secondary N) is 1. The Labute approximate surface area is 168 Å². The van der Waals surface area contributed by atoms with Gasteiger partial charge < -0.3 is 14.8 Å². The third kappa shape index (κ3) is 3.99. The van der Waals surface area contributed by atoms with Crippen molar-refractivity contribution in [2.45, 2.75) is 13.3 Å². The van der Waals surface area contributed by atoms with Crippen molar-refractivity contribution in [3.8, 4) is 22.8 Å². The van der Waals surface area contributed by atoms with E-state index < -0.39 is 0 Å². The summed E-state index contributed by atoms with van der Waals surface area (Å²) in [6.07, 6.45) is 2.50. The fraction of sp³-hybridized carbons (Fsp3) is 0.227. The molecule has 7 heteroatoms. The summed E-state index contributed by atoms with van der Waals surface area (Å²) in [5.41, 5.74) is 2.97. The summed E-state index contributed by atoms with van der Waals surface area (Å²) in [6.45, 7) is 2.71. The minimum atomic E-state index is -0.282. The van der Waals surface area contributed by atoms with Crippen molar-refractivity contribution in [2.75, 3.05) is 18.5 Å². The quantitative estimate of drug-likeness (QED) is 0.686. The van der Waals surface area contributed by atoms with Gasteiger partial charge in [0.2, 0.25) is 0 Å². The van der Waals surface area contributed by atoms with E-state index in [4.69, 9.17) is 9.47 Å². The van der Waals surface area contributed by atoms with Gasteiger partial charge in [-0.15, -0.1) is 0 Å². The number of benzene rings is 2. The maximum Gasteiger partial charge on any atom is 0.259 e. The first-order valence-corrected chi connectivity index (χ1v) is 9.37. The molecular formula is C22H21N3O4. The van der Waals surface area contributed by atoms with Crippen LogP contribution in [0.4, 0.5) is 5.69 Å². The molecule has 7 nitrogen and oxygen atoms in total. The molecule has 4 rings (SSSR count). The Morgan fingerprint density at radius 2 is 1.76 bits per heavy atom. The van der Waals surface area contributed by atoms with Crippen molar-refractivity contribution in [1.29, 1.82) is 0 Å². The normalized spacial score (nSPS) is 12.9. The number of amides is 1. The molecule has 0 atom stereocenters. The Kier molecular flexibility index (Phi) is 5.03. The van der Waals surface area contributed by atoms with E-state index in [-0.39, 0.29) is 11.7 Å². The van der Waals surface area contributed by atoms with Crippen LogP contribution in [-0.4, -0.2) is 34.7 Å². The molecule has 0 saturated heterocycles. The molecule has 1 N–H and O–H groups in total. The number of anilines is 1. The minimum absolute atomic E-state index is 0.0215. The van der Waals surface area contributed by atoms with Crippen LogP contribution >= 0.6 is 0 Å². The number of rotatable bonds is 4. The number of ether oxygens (including phenoxy) is 2. The van der Waals surface area contributed by atoms with Crippen LogP contribution in [0.1, 0.15) is 34.1 Å². The lowest BCUT2D eigenvalue weighted by Crippen LogP contribution is -2.12. The smallest absolute Gasteiger partial charge is 0.259 e. The van der Waals surface area contributed by atoms with E-state index in [0.29, 0.717) is 47.2 Å². The SMILES string of the molecule is CC(=O)c1ccc(NC(=O)c2cn(C)nc2-c2ccc3c(c2)OCCCO3)cc1. The molecule has 2 aromatic carbocycles. The highest BCUT2D eigenvalue weighted by Gasteiger charge is 2.20. The summed E-state index contributed by atoms with van der Waals surface area (Å²) in [6, 6.07) is 12.3. The van der Waals surface area contributed by atoms with Gasteiger partial charge in [0.05, 0.1) is 18.8 Å². The number of nitrogens with zero attached hydrogens (tertiary/aromatic N) is 2. The molecule has 0 saturated carbocycles. The number of ketones is 1. The van der Waals surface area contributed by atoms with Crippen LogP contribution < -0.4 is 14.8 Å². The topological polar surface area (TPSA) is 82.5 Å². The maximum atomic E-state index is 12.9. The highest BCUT2D eigenvalue weighted by atomic mass is 16.5. The van der Waals surface area contributed by atoms with Crippen molar-refractivity contribution in [3.63, 3.8) is 0 Å². The van der Waals surface area contributed by atoms with Crippen molar-refractivity contribution in [3.05, 3.63) is 59.8 Å². The Bertz CT molecular complexity index is 1070. The molecule has 3 aromatic rings. The Morgan fingerprint density at radius 3 is 2.48 bits per heavy atom. The number of aromatic nitrogens is 2. The first-order valence-electron chi connectivity index (χ1n) is 9.37. The molecule has 1 aromatic heterocycles. The van der Waals surface area contributed by atoms with Gasteiger partial charge >= 0.3 is 0 Å². The Morgan fingerprint density at radius 1 is 1.03 bits per heavy atom. The fourth-order valence-electron chi connectivity index (χ4n) is 3.17. The highest BCUT2D eigenvalue weighted by molar-refractivity contribution is 6.08. The molecule has 0 aliphatic carbocycles. The summed E-state index contributed by atoms with van der Waals surface area (Å²) in [5, 5.41) is 7.33. The van der Waals surface area contributed by atoms with Crippen LogP contribution in [0.25, 0.3) is 11.3 Å². The number of hydrogen-bond donors (Lipinski definition) is 1. The molecule has 1 aliphatic rings. The number of Topliss-reactive ketones (excluding diaryl/α,β-unsaturated/α-hetero) is 1. The van der Waals surface area contributed by atoms with Crippen LogP contribution in [0.2, 0.25) is 0 Å². The average molecular weight is 391 g/mol. The largest absolute Gasteiger partial charge is 0.490 e. The molecule has 2 heterocycles. The predicted molar refractivity (Wildman–Crippen MR) is 109 cm³/mol. The van der Waals surface area contributed by atoms with Gasteiger partial charge in [0.15, 0.2) is 17.3 Å². The predicted octanol–water partition coefficient (Wildman–Crippen LogP) is 3.70. The molecule has 0 fully saturated rings. The van der Waals surface area contributed by atoms with Crippen molar-refractivity contribution in [1.82, 2.24) is 9.78 Å². The van der Waals surface area contributed by atoms with Gasteiger partial charge in [0.1, 0.15) is 5.69 Å². The van der Waals surface area contributed by atoms with Crippen molar-refractivity contribution >= 4 is 17.4 Å². The van der Waals surface area contributed by atoms with Crippen molar-refractivity contribution in [2.24, 2.45) is 7.05 Å². The third-order valence-corrected chi connectivity index (χ3v) is 4.64. The third-order valence-electron chi connectivity index (χ3n) is 4.64. The number of aryl methyl sites for hydroxylation is 1. The van der Waals surface area contributed by atoms with Crippen LogP contribution in [0.15, 0.2) is 48.7 Å². The van der Waals surface area contributed by atoms with Gasteiger partial charge in [-0.1, -0.05) is 0 Å². The number of hydrogen-bond acceptors (Lipinski definition) is 5. The standard InChI is InChI=1S/C22H21N3O4/c1-14(26)15-4-7-17(8-5-15)23-22(27)18-13-25(2)24-21(18)16-6-9-19-20(12-16)29-11-3-10-28-19/h4-9,12-13H,3,10-11H2,1-2H3,(H,23,27). The summed E-state index contributed by atoms with van der Waals surface area (Å²) < 4.78 is 13.0. The van der Waals surface area contributed by atoms with E-state index in [0.717, 1.165) is 12.0 Å². The van der Waals surface area contributed by atoms with Crippen LogP contribution in [-0.2, 0) is 7.05 Å². The van der Waals surface area contributed by atoms with Gasteiger partial charge in [-0.25, -0.2) is 0 Å². The average Bonchev–Trinajstić information content (AvgIpc) is 2.95. The van der Waals surface area contributed by atoms with E-state index in [9.17, 15) is 9.59 Å². The molecule has 1 aliphatic heterocycles. The lowest BCUT2D eigenvalue weighted by atomic mass is 10.1.